The Kier molecular flexibility index (Phi) is 5.36. The molecule has 1 atom stereocenters. The second kappa shape index (κ2) is 8.06. The van der Waals surface area contributed by atoms with Crippen LogP contribution in [0.1, 0.15) is 17.4 Å². The summed E-state index contributed by atoms with van der Waals surface area (Å²) in [5.74, 6) is 1.77. The second-order valence-corrected chi connectivity index (χ2v) is 5.39. The van der Waals surface area contributed by atoms with E-state index in [0.29, 0.717) is 11.5 Å². The summed E-state index contributed by atoms with van der Waals surface area (Å²) in [5.41, 5.74) is 0.940. The molecular weight excluding hydrogens is 318 g/mol. The fraction of sp³-hybridized carbons (Fsp3) is 0.150. The Balaban J connectivity index is 1.64. The highest BCUT2D eigenvalue weighted by Gasteiger charge is 2.19. The topological polar surface area (TPSA) is 60.7 Å². The highest BCUT2D eigenvalue weighted by Crippen LogP contribution is 2.22. The zero-order chi connectivity index (χ0) is 17.5. The van der Waals surface area contributed by atoms with Crippen LogP contribution in [0.3, 0.4) is 0 Å². The third-order valence-electron chi connectivity index (χ3n) is 3.70. The van der Waals surface area contributed by atoms with E-state index in [1.807, 2.05) is 36.4 Å². The first-order valence-electron chi connectivity index (χ1n) is 7.91. The maximum atomic E-state index is 12.3. The van der Waals surface area contributed by atoms with Gasteiger partial charge in [0.05, 0.1) is 13.4 Å². The molecule has 0 spiro atoms. The highest BCUT2D eigenvalue weighted by molar-refractivity contribution is 5.78. The maximum Gasteiger partial charge on any atom is 0.258 e. The van der Waals surface area contributed by atoms with E-state index in [4.69, 9.17) is 13.9 Å². The molecule has 0 fully saturated rings. The number of rotatable bonds is 7. The van der Waals surface area contributed by atoms with Gasteiger partial charge < -0.3 is 19.2 Å². The van der Waals surface area contributed by atoms with Gasteiger partial charge >= 0.3 is 0 Å². The monoisotopic (exact) mass is 337 g/mol. The summed E-state index contributed by atoms with van der Waals surface area (Å²) in [4.78, 5) is 12.3. The minimum atomic E-state index is -0.358. The Hall–Kier alpha value is -3.21. The number of benzene rings is 2. The molecule has 0 saturated carbocycles. The maximum absolute atomic E-state index is 12.3. The summed E-state index contributed by atoms with van der Waals surface area (Å²) in [6.45, 7) is -0.0869. The first kappa shape index (κ1) is 16.6. The van der Waals surface area contributed by atoms with Crippen LogP contribution in [0.2, 0.25) is 0 Å². The zero-order valence-electron chi connectivity index (χ0n) is 13.8. The number of furan rings is 1. The molecule has 0 bridgehead atoms. The molecule has 1 aromatic heterocycles. The Labute approximate surface area is 146 Å². The van der Waals surface area contributed by atoms with Gasteiger partial charge in [0.2, 0.25) is 0 Å². The normalized spacial score (nSPS) is 11.6. The Bertz CT molecular complexity index is 782. The minimum Gasteiger partial charge on any atom is -0.497 e. The molecule has 3 aromatic rings. The summed E-state index contributed by atoms with van der Waals surface area (Å²) in [7, 11) is 1.60. The molecule has 1 heterocycles. The molecular formula is C20H19NO4. The molecule has 2 aromatic carbocycles. The minimum absolute atomic E-state index is 0.0869. The quantitative estimate of drug-likeness (QED) is 0.716. The van der Waals surface area contributed by atoms with Gasteiger partial charge in [-0.1, -0.05) is 30.3 Å². The smallest absolute Gasteiger partial charge is 0.258 e. The molecule has 1 N–H and O–H groups in total. The lowest BCUT2D eigenvalue weighted by atomic mass is 10.0. The summed E-state index contributed by atoms with van der Waals surface area (Å²) in [6, 6.07) is 20.0. The second-order valence-electron chi connectivity index (χ2n) is 5.39. The van der Waals surface area contributed by atoms with E-state index < -0.39 is 0 Å². The third-order valence-corrected chi connectivity index (χ3v) is 3.70. The number of carbonyl (C=O) groups is 1. The Morgan fingerprint density at radius 1 is 1.00 bits per heavy atom. The number of hydrogen-bond acceptors (Lipinski definition) is 4. The van der Waals surface area contributed by atoms with E-state index in [1.54, 1.807) is 43.7 Å². The molecule has 5 nitrogen and oxygen atoms in total. The fourth-order valence-electron chi connectivity index (χ4n) is 2.44. The van der Waals surface area contributed by atoms with Crippen molar-refractivity contribution in [1.29, 1.82) is 0 Å². The molecule has 0 aliphatic rings. The highest BCUT2D eigenvalue weighted by atomic mass is 16.5. The standard InChI is InChI=1S/C20H19NO4/c1-23-16-9-11-17(12-10-16)25-14-19(22)21-20(18-8-5-13-24-18)15-6-3-2-4-7-15/h2-13,20H,14H2,1H3,(H,21,22)/t20-/m1/s1. The Morgan fingerprint density at radius 3 is 2.36 bits per heavy atom. The van der Waals surface area contributed by atoms with Crippen molar-refractivity contribution in [3.8, 4) is 11.5 Å². The lowest BCUT2D eigenvalue weighted by Gasteiger charge is -2.17. The molecule has 0 saturated heterocycles. The molecule has 25 heavy (non-hydrogen) atoms. The van der Waals surface area contributed by atoms with Gasteiger partial charge in [-0.2, -0.15) is 0 Å². The van der Waals surface area contributed by atoms with Gasteiger partial charge in [-0.15, -0.1) is 0 Å². The predicted molar refractivity (Wildman–Crippen MR) is 93.6 cm³/mol. The molecule has 128 valence electrons. The van der Waals surface area contributed by atoms with Gasteiger partial charge in [0.15, 0.2) is 6.61 Å². The van der Waals surface area contributed by atoms with Crippen LogP contribution in [-0.4, -0.2) is 19.6 Å². The Morgan fingerprint density at radius 2 is 1.72 bits per heavy atom. The van der Waals surface area contributed by atoms with E-state index in [9.17, 15) is 4.79 Å². The summed E-state index contributed by atoms with van der Waals surface area (Å²) in [6.07, 6.45) is 1.59. The lowest BCUT2D eigenvalue weighted by Crippen LogP contribution is -2.33. The molecule has 0 radical (unpaired) electrons. The zero-order valence-corrected chi connectivity index (χ0v) is 13.8. The van der Waals surface area contributed by atoms with E-state index in [1.165, 1.54) is 0 Å². The van der Waals surface area contributed by atoms with Gasteiger partial charge in [-0.25, -0.2) is 0 Å². The van der Waals surface area contributed by atoms with Gasteiger partial charge in [0.1, 0.15) is 23.3 Å². The van der Waals surface area contributed by atoms with Crippen LogP contribution in [0.5, 0.6) is 11.5 Å². The number of ether oxygens (including phenoxy) is 2. The van der Waals surface area contributed by atoms with E-state index in [2.05, 4.69) is 5.32 Å². The lowest BCUT2D eigenvalue weighted by molar-refractivity contribution is -0.123. The molecule has 0 aliphatic carbocycles. The molecule has 5 heteroatoms. The number of methoxy groups -OCH3 is 1. The summed E-state index contributed by atoms with van der Waals surface area (Å²) in [5, 5.41) is 2.95. The third kappa shape index (κ3) is 4.41. The van der Waals surface area contributed by atoms with Crippen LogP contribution < -0.4 is 14.8 Å². The van der Waals surface area contributed by atoms with Gasteiger partial charge in [-0.05, 0) is 42.0 Å². The largest absolute Gasteiger partial charge is 0.497 e. The van der Waals surface area contributed by atoms with Crippen molar-refractivity contribution in [2.75, 3.05) is 13.7 Å². The molecule has 0 aliphatic heterocycles. The summed E-state index contributed by atoms with van der Waals surface area (Å²) < 4.78 is 16.1. The van der Waals surface area contributed by atoms with Crippen LogP contribution in [0.25, 0.3) is 0 Å². The van der Waals surface area contributed by atoms with Gasteiger partial charge in [0.25, 0.3) is 5.91 Å². The van der Waals surface area contributed by atoms with E-state index >= 15 is 0 Å². The van der Waals surface area contributed by atoms with Gasteiger partial charge in [-0.3, -0.25) is 4.79 Å². The van der Waals surface area contributed by atoms with Crippen molar-refractivity contribution < 1.29 is 18.7 Å². The van der Waals surface area contributed by atoms with Crippen LogP contribution in [0.4, 0.5) is 0 Å². The SMILES string of the molecule is COc1ccc(OCC(=O)N[C@H](c2ccccc2)c2ccco2)cc1. The van der Waals surface area contributed by atoms with Crippen LogP contribution >= 0.6 is 0 Å². The van der Waals surface area contributed by atoms with Crippen molar-refractivity contribution in [2.24, 2.45) is 0 Å². The average Bonchev–Trinajstić information content (AvgIpc) is 3.20. The molecule has 1 amide bonds. The number of hydrogen-bond donors (Lipinski definition) is 1. The predicted octanol–water partition coefficient (Wildman–Crippen LogP) is 3.57. The first-order chi connectivity index (χ1) is 12.3. The van der Waals surface area contributed by atoms with E-state index in [-0.39, 0.29) is 18.6 Å². The fourth-order valence-corrected chi connectivity index (χ4v) is 2.44. The summed E-state index contributed by atoms with van der Waals surface area (Å²) >= 11 is 0. The van der Waals surface area contributed by atoms with E-state index in [0.717, 1.165) is 11.3 Å². The number of amides is 1. The number of carbonyl (C=O) groups excluding carboxylic acids is 1. The van der Waals surface area contributed by atoms with Crippen molar-refractivity contribution in [3.63, 3.8) is 0 Å². The van der Waals surface area contributed by atoms with Crippen LogP contribution in [-0.2, 0) is 4.79 Å². The van der Waals surface area contributed by atoms with Crippen molar-refractivity contribution in [3.05, 3.63) is 84.3 Å². The van der Waals surface area contributed by atoms with Crippen LogP contribution in [0.15, 0.2) is 77.4 Å². The van der Waals surface area contributed by atoms with Gasteiger partial charge in [0, 0.05) is 0 Å². The average molecular weight is 337 g/mol. The van der Waals surface area contributed by atoms with Crippen molar-refractivity contribution in [1.82, 2.24) is 5.32 Å². The molecule has 0 unspecified atom stereocenters. The van der Waals surface area contributed by atoms with Crippen molar-refractivity contribution >= 4 is 5.91 Å². The number of nitrogens with one attached hydrogen (secondary N) is 1. The first-order valence-corrected chi connectivity index (χ1v) is 7.91. The molecule has 3 rings (SSSR count). The van der Waals surface area contributed by atoms with Crippen molar-refractivity contribution in [2.45, 2.75) is 6.04 Å². The van der Waals surface area contributed by atoms with Crippen LogP contribution in [0, 0.1) is 0 Å².